The van der Waals surface area contributed by atoms with Gasteiger partial charge < -0.3 is 5.73 Å². The first kappa shape index (κ1) is 14.6. The van der Waals surface area contributed by atoms with Gasteiger partial charge in [-0.2, -0.15) is 13.2 Å². The van der Waals surface area contributed by atoms with Crippen molar-refractivity contribution in [2.75, 3.05) is 0 Å². The second-order valence-corrected chi connectivity index (χ2v) is 4.88. The number of hydrogen-bond donors (Lipinski definition) is 1. The molecule has 0 atom stereocenters. The van der Waals surface area contributed by atoms with Crippen LogP contribution >= 0.6 is 15.9 Å². The van der Waals surface area contributed by atoms with Gasteiger partial charge in [0.1, 0.15) is 5.84 Å². The van der Waals surface area contributed by atoms with Crippen molar-refractivity contribution in [3.63, 3.8) is 0 Å². The quantitative estimate of drug-likeness (QED) is 0.633. The summed E-state index contributed by atoms with van der Waals surface area (Å²) in [5.74, 6) is 0.158. The van der Waals surface area contributed by atoms with E-state index in [1.807, 2.05) is 6.07 Å². The van der Waals surface area contributed by atoms with Crippen LogP contribution in [-0.2, 0) is 6.18 Å². The molecule has 0 radical (unpaired) electrons. The standard InChI is InChI=1S/C14H10BrF3N2/c15-11-7-6-10(14(16,17)18)8-12(11)20-13(19)9-4-2-1-3-5-9/h1-8H,(H2,19,20). The molecule has 0 bridgehead atoms. The van der Waals surface area contributed by atoms with E-state index in [0.29, 0.717) is 10.0 Å². The van der Waals surface area contributed by atoms with Crippen LogP contribution in [0.1, 0.15) is 11.1 Å². The molecular formula is C14H10BrF3N2. The first-order chi connectivity index (χ1) is 9.38. The van der Waals surface area contributed by atoms with E-state index >= 15 is 0 Å². The van der Waals surface area contributed by atoms with Crippen LogP contribution in [0, 0.1) is 0 Å². The SMILES string of the molecule is NC(=Nc1cc(C(F)(F)F)ccc1Br)c1ccccc1. The van der Waals surface area contributed by atoms with E-state index in [2.05, 4.69) is 20.9 Å². The largest absolute Gasteiger partial charge is 0.416 e. The van der Waals surface area contributed by atoms with Gasteiger partial charge in [-0.25, -0.2) is 4.99 Å². The van der Waals surface area contributed by atoms with E-state index < -0.39 is 11.7 Å². The first-order valence-corrected chi connectivity index (χ1v) is 6.43. The Labute approximate surface area is 122 Å². The zero-order valence-electron chi connectivity index (χ0n) is 10.2. The molecule has 0 saturated carbocycles. The number of nitrogens with two attached hydrogens (primary N) is 1. The van der Waals surface area contributed by atoms with E-state index in [4.69, 9.17) is 5.73 Å². The van der Waals surface area contributed by atoms with Gasteiger partial charge in [0, 0.05) is 10.0 Å². The van der Waals surface area contributed by atoms with Crippen LogP contribution in [0.25, 0.3) is 0 Å². The summed E-state index contributed by atoms with van der Waals surface area (Å²) in [5, 5.41) is 0. The summed E-state index contributed by atoms with van der Waals surface area (Å²) in [5.41, 5.74) is 5.83. The molecule has 0 saturated heterocycles. The summed E-state index contributed by atoms with van der Waals surface area (Å²) in [7, 11) is 0. The molecule has 20 heavy (non-hydrogen) atoms. The number of benzene rings is 2. The van der Waals surface area contributed by atoms with E-state index in [-0.39, 0.29) is 11.5 Å². The number of halogens is 4. The molecular weight excluding hydrogens is 333 g/mol. The van der Waals surface area contributed by atoms with Crippen molar-refractivity contribution in [3.8, 4) is 0 Å². The van der Waals surface area contributed by atoms with Gasteiger partial charge in [-0.1, -0.05) is 30.3 Å². The second kappa shape index (κ2) is 5.66. The number of alkyl halides is 3. The molecule has 0 amide bonds. The third kappa shape index (κ3) is 3.39. The molecule has 6 heteroatoms. The highest BCUT2D eigenvalue weighted by Crippen LogP contribution is 2.35. The summed E-state index contributed by atoms with van der Waals surface area (Å²) in [6.45, 7) is 0. The topological polar surface area (TPSA) is 38.4 Å². The van der Waals surface area contributed by atoms with Gasteiger partial charge in [0.25, 0.3) is 0 Å². The van der Waals surface area contributed by atoms with Gasteiger partial charge in [-0.3, -0.25) is 0 Å². The Morgan fingerprint density at radius 2 is 1.70 bits per heavy atom. The Hall–Kier alpha value is -1.82. The van der Waals surface area contributed by atoms with Crippen molar-refractivity contribution in [3.05, 3.63) is 64.1 Å². The molecule has 104 valence electrons. The van der Waals surface area contributed by atoms with Crippen LogP contribution in [0.4, 0.5) is 18.9 Å². The molecule has 0 spiro atoms. The highest BCUT2D eigenvalue weighted by atomic mass is 79.9. The average Bonchev–Trinajstić information content (AvgIpc) is 2.41. The molecule has 0 aliphatic carbocycles. The summed E-state index contributed by atoms with van der Waals surface area (Å²) in [6.07, 6.45) is -4.41. The summed E-state index contributed by atoms with van der Waals surface area (Å²) in [4.78, 5) is 4.05. The third-order valence-corrected chi connectivity index (χ3v) is 3.25. The van der Waals surface area contributed by atoms with E-state index in [9.17, 15) is 13.2 Å². The molecule has 2 rings (SSSR count). The predicted octanol–water partition coefficient (Wildman–Crippen LogP) is 4.50. The van der Waals surface area contributed by atoms with Crippen molar-refractivity contribution in [2.45, 2.75) is 6.18 Å². The minimum absolute atomic E-state index is 0.140. The monoisotopic (exact) mass is 342 g/mol. The highest BCUT2D eigenvalue weighted by molar-refractivity contribution is 9.10. The lowest BCUT2D eigenvalue weighted by molar-refractivity contribution is -0.137. The van der Waals surface area contributed by atoms with Gasteiger partial charge >= 0.3 is 6.18 Å². The van der Waals surface area contributed by atoms with Gasteiger partial charge in [0.2, 0.25) is 0 Å². The number of amidine groups is 1. The van der Waals surface area contributed by atoms with Crippen molar-refractivity contribution in [2.24, 2.45) is 10.7 Å². The van der Waals surface area contributed by atoms with Crippen LogP contribution in [0.15, 0.2) is 58.0 Å². The lowest BCUT2D eigenvalue weighted by Crippen LogP contribution is -2.12. The molecule has 0 fully saturated rings. The number of aliphatic imine (C=N–C) groups is 1. The predicted molar refractivity (Wildman–Crippen MR) is 76.0 cm³/mol. The van der Waals surface area contributed by atoms with Crippen molar-refractivity contribution < 1.29 is 13.2 Å². The molecule has 0 heterocycles. The van der Waals surface area contributed by atoms with Crippen molar-refractivity contribution >= 4 is 27.5 Å². The van der Waals surface area contributed by atoms with Crippen LogP contribution in [-0.4, -0.2) is 5.84 Å². The summed E-state index contributed by atoms with van der Waals surface area (Å²) >= 11 is 3.17. The number of rotatable bonds is 2. The third-order valence-electron chi connectivity index (χ3n) is 2.58. The fourth-order valence-electron chi connectivity index (χ4n) is 1.58. The lowest BCUT2D eigenvalue weighted by atomic mass is 10.2. The van der Waals surface area contributed by atoms with Gasteiger partial charge in [-0.15, -0.1) is 0 Å². The lowest BCUT2D eigenvalue weighted by Gasteiger charge is -2.09. The van der Waals surface area contributed by atoms with E-state index in [0.717, 1.165) is 12.1 Å². The minimum Gasteiger partial charge on any atom is -0.383 e. The number of hydrogen-bond acceptors (Lipinski definition) is 1. The summed E-state index contributed by atoms with van der Waals surface area (Å²) < 4.78 is 38.4. The first-order valence-electron chi connectivity index (χ1n) is 5.64. The Kier molecular flexibility index (Phi) is 4.13. The maximum Gasteiger partial charge on any atom is 0.416 e. The van der Waals surface area contributed by atoms with Crippen LogP contribution in [0.2, 0.25) is 0 Å². The Morgan fingerprint density at radius 3 is 2.30 bits per heavy atom. The molecule has 0 aliphatic rings. The fraction of sp³-hybridized carbons (Fsp3) is 0.0714. The highest BCUT2D eigenvalue weighted by Gasteiger charge is 2.30. The second-order valence-electron chi connectivity index (χ2n) is 4.03. The van der Waals surface area contributed by atoms with Crippen molar-refractivity contribution in [1.82, 2.24) is 0 Å². The maximum atomic E-state index is 12.7. The maximum absolute atomic E-state index is 12.7. The fourth-order valence-corrected chi connectivity index (χ4v) is 1.91. The van der Waals surface area contributed by atoms with Gasteiger partial charge in [0.15, 0.2) is 0 Å². The van der Waals surface area contributed by atoms with Crippen LogP contribution in [0.3, 0.4) is 0 Å². The smallest absolute Gasteiger partial charge is 0.383 e. The zero-order valence-corrected chi connectivity index (χ0v) is 11.7. The van der Waals surface area contributed by atoms with Gasteiger partial charge in [-0.05, 0) is 34.1 Å². The molecule has 0 unspecified atom stereocenters. The van der Waals surface area contributed by atoms with Crippen LogP contribution in [0.5, 0.6) is 0 Å². The molecule has 2 nitrogen and oxygen atoms in total. The van der Waals surface area contributed by atoms with E-state index in [1.165, 1.54) is 6.07 Å². The van der Waals surface area contributed by atoms with E-state index in [1.54, 1.807) is 24.3 Å². The Morgan fingerprint density at radius 1 is 1.05 bits per heavy atom. The zero-order chi connectivity index (χ0) is 14.8. The molecule has 2 aromatic rings. The molecule has 2 N–H and O–H groups in total. The van der Waals surface area contributed by atoms with Gasteiger partial charge in [0.05, 0.1) is 11.3 Å². The van der Waals surface area contributed by atoms with Crippen LogP contribution < -0.4 is 5.73 Å². The molecule has 2 aromatic carbocycles. The molecule has 0 aliphatic heterocycles. The normalized spacial score (nSPS) is 12.5. The average molecular weight is 343 g/mol. The van der Waals surface area contributed by atoms with Crippen molar-refractivity contribution in [1.29, 1.82) is 0 Å². The Bertz CT molecular complexity index is 637. The summed E-state index contributed by atoms with van der Waals surface area (Å²) in [6, 6.07) is 12.1. The minimum atomic E-state index is -4.41. The number of nitrogens with zero attached hydrogens (tertiary/aromatic N) is 1. The molecule has 0 aromatic heterocycles. The Balaban J connectivity index is 2.43.